The number of ether oxygens (including phenoxy) is 6. The number of carbonyl (C=O) groups excluding carboxylic acids is 1. The average Bonchev–Trinajstić information content (AvgIpc) is 3.56. The van der Waals surface area contributed by atoms with Crippen LogP contribution >= 0.6 is 0 Å². The van der Waals surface area contributed by atoms with Crippen LogP contribution in [0.4, 0.5) is 5.69 Å². The van der Waals surface area contributed by atoms with Gasteiger partial charge in [0.05, 0.1) is 13.2 Å². The molecule has 3 fully saturated rings. The number of anilines is 1. The molecule has 39 heavy (non-hydrogen) atoms. The number of allylic oxidation sites excluding steroid dienone is 1. The van der Waals surface area contributed by atoms with Gasteiger partial charge in [-0.3, -0.25) is 4.79 Å². The van der Waals surface area contributed by atoms with Gasteiger partial charge in [0, 0.05) is 29.6 Å². The highest BCUT2D eigenvalue weighted by Crippen LogP contribution is 2.42. The topological polar surface area (TPSA) is 75.7 Å². The van der Waals surface area contributed by atoms with Crippen LogP contribution < -0.4 is 4.90 Å². The molecular weight excluding hydrogens is 498 g/mol. The van der Waals surface area contributed by atoms with Crippen molar-refractivity contribution in [2.75, 3.05) is 18.1 Å². The van der Waals surface area contributed by atoms with Crippen LogP contribution in [0.15, 0.2) is 66.4 Å². The molecule has 0 aliphatic carbocycles. The number of nitrogens with zero attached hydrogens (tertiary/aromatic N) is 1. The molecule has 3 saturated heterocycles. The molecule has 0 unspecified atom stereocenters. The predicted octanol–water partition coefficient (Wildman–Crippen LogP) is 4.97. The van der Waals surface area contributed by atoms with Crippen molar-refractivity contribution < 1.29 is 33.2 Å². The Morgan fingerprint density at radius 3 is 2.44 bits per heavy atom. The van der Waals surface area contributed by atoms with Crippen molar-refractivity contribution in [2.24, 2.45) is 0 Å². The second-order valence-corrected chi connectivity index (χ2v) is 11.5. The molecule has 6 rings (SSSR count). The summed E-state index contributed by atoms with van der Waals surface area (Å²) in [5.74, 6) is -1.31. The van der Waals surface area contributed by atoms with E-state index in [2.05, 4.69) is 29.2 Å². The van der Waals surface area contributed by atoms with E-state index in [0.717, 1.165) is 41.8 Å². The third-order valence-electron chi connectivity index (χ3n) is 7.62. The van der Waals surface area contributed by atoms with E-state index in [1.165, 1.54) is 0 Å². The molecule has 0 N–H and O–H groups in total. The number of benzene rings is 2. The van der Waals surface area contributed by atoms with Crippen molar-refractivity contribution in [3.05, 3.63) is 77.5 Å². The van der Waals surface area contributed by atoms with E-state index in [9.17, 15) is 4.79 Å². The summed E-state index contributed by atoms with van der Waals surface area (Å²) in [7, 11) is 0. The summed E-state index contributed by atoms with van der Waals surface area (Å²) < 4.78 is 36.7. The number of fused-ring (bicyclic) bond motifs is 1. The van der Waals surface area contributed by atoms with Crippen LogP contribution in [0.3, 0.4) is 0 Å². The molecule has 8 heteroatoms. The molecule has 0 aromatic heterocycles. The largest absolute Gasteiger partial charge is 0.368 e. The van der Waals surface area contributed by atoms with Gasteiger partial charge in [-0.2, -0.15) is 0 Å². The van der Waals surface area contributed by atoms with Gasteiger partial charge in [-0.15, -0.1) is 0 Å². The summed E-state index contributed by atoms with van der Waals surface area (Å²) >= 11 is 0. The Kier molecular flexibility index (Phi) is 7.12. The number of hydrogen-bond acceptors (Lipinski definition) is 8. The molecular formula is C31H37NO7. The highest BCUT2D eigenvalue weighted by Gasteiger charge is 2.58. The van der Waals surface area contributed by atoms with Crippen molar-refractivity contribution in [1.82, 2.24) is 0 Å². The first-order valence-corrected chi connectivity index (χ1v) is 13.8. The zero-order valence-corrected chi connectivity index (χ0v) is 23.0. The number of hydrogen-bond donors (Lipinski definition) is 0. The second-order valence-electron chi connectivity index (χ2n) is 11.5. The standard InChI is InChI=1S/C31H37NO7/c1-30(2)35-19-24(37-30)26-27(28-29(36-26)39-31(3,4)38-28)34-18-20-12-14-23(15-13-20)32-16-8-11-22(17-32)25(33)21-9-6-5-7-10-21/h5-7,9-10,12-15,17,24,26-29H,8,11,16,18-19H2,1-4H3/t24-,26-,27+,28-,29-/m1/s1. The molecule has 4 heterocycles. The fourth-order valence-electron chi connectivity index (χ4n) is 5.75. The Morgan fingerprint density at radius 2 is 1.72 bits per heavy atom. The van der Waals surface area contributed by atoms with Crippen LogP contribution in [0.25, 0.3) is 0 Å². The Hall–Kier alpha value is -2.59. The second kappa shape index (κ2) is 10.4. The summed E-state index contributed by atoms with van der Waals surface area (Å²) in [6, 6.07) is 17.7. The fourth-order valence-corrected chi connectivity index (χ4v) is 5.75. The Morgan fingerprint density at radius 1 is 0.949 bits per heavy atom. The number of Topliss-reactive ketones (excluding diaryl/α,β-unsaturated/α-hetero) is 1. The summed E-state index contributed by atoms with van der Waals surface area (Å²) in [6.07, 6.45) is 1.86. The molecule has 5 atom stereocenters. The monoisotopic (exact) mass is 535 g/mol. The number of ketones is 1. The lowest BCUT2D eigenvalue weighted by Crippen LogP contribution is -2.44. The summed E-state index contributed by atoms with van der Waals surface area (Å²) in [6.45, 7) is 9.24. The van der Waals surface area contributed by atoms with Crippen LogP contribution in [-0.4, -0.2) is 61.2 Å². The predicted molar refractivity (Wildman–Crippen MR) is 144 cm³/mol. The lowest BCUT2D eigenvalue weighted by atomic mass is 9.97. The number of carbonyl (C=O) groups is 1. The first kappa shape index (κ1) is 26.6. The highest BCUT2D eigenvalue weighted by atomic mass is 16.8. The van der Waals surface area contributed by atoms with Gasteiger partial charge < -0.3 is 33.3 Å². The van der Waals surface area contributed by atoms with Gasteiger partial charge in [0.1, 0.15) is 24.4 Å². The van der Waals surface area contributed by atoms with Crippen molar-refractivity contribution in [3.63, 3.8) is 0 Å². The van der Waals surface area contributed by atoms with E-state index in [1.54, 1.807) is 0 Å². The minimum absolute atomic E-state index is 0.0956. The van der Waals surface area contributed by atoms with Crippen LogP contribution in [0, 0.1) is 0 Å². The summed E-state index contributed by atoms with van der Waals surface area (Å²) in [5.41, 5.74) is 3.65. The highest BCUT2D eigenvalue weighted by molar-refractivity contribution is 6.09. The lowest BCUT2D eigenvalue weighted by molar-refractivity contribution is -0.236. The Bertz CT molecular complexity index is 1210. The van der Waals surface area contributed by atoms with E-state index in [-0.39, 0.29) is 30.2 Å². The normalized spacial score (nSPS) is 31.2. The van der Waals surface area contributed by atoms with E-state index in [0.29, 0.717) is 13.2 Å². The smallest absolute Gasteiger partial charge is 0.190 e. The summed E-state index contributed by atoms with van der Waals surface area (Å²) in [4.78, 5) is 15.1. The van der Waals surface area contributed by atoms with Crippen LogP contribution in [-0.2, 0) is 35.0 Å². The minimum atomic E-state index is -0.738. The summed E-state index contributed by atoms with van der Waals surface area (Å²) in [5, 5.41) is 0. The van der Waals surface area contributed by atoms with Gasteiger partial charge in [0.15, 0.2) is 23.6 Å². The van der Waals surface area contributed by atoms with Gasteiger partial charge in [-0.05, 0) is 58.2 Å². The average molecular weight is 536 g/mol. The molecule has 2 aromatic carbocycles. The van der Waals surface area contributed by atoms with E-state index in [1.807, 2.05) is 64.2 Å². The van der Waals surface area contributed by atoms with Gasteiger partial charge in [0.2, 0.25) is 0 Å². The zero-order valence-electron chi connectivity index (χ0n) is 23.0. The lowest BCUT2D eigenvalue weighted by Gasteiger charge is -2.29. The van der Waals surface area contributed by atoms with Crippen LogP contribution in [0.5, 0.6) is 0 Å². The Labute approximate surface area is 229 Å². The first-order valence-electron chi connectivity index (χ1n) is 13.8. The molecule has 4 aliphatic rings. The van der Waals surface area contributed by atoms with E-state index in [4.69, 9.17) is 28.4 Å². The Balaban J connectivity index is 1.12. The maximum Gasteiger partial charge on any atom is 0.190 e. The molecule has 0 bridgehead atoms. The zero-order chi connectivity index (χ0) is 27.2. The molecule has 0 spiro atoms. The molecule has 2 aromatic rings. The third-order valence-corrected chi connectivity index (χ3v) is 7.62. The molecule has 4 aliphatic heterocycles. The quantitative estimate of drug-likeness (QED) is 0.461. The van der Waals surface area contributed by atoms with Crippen molar-refractivity contribution >= 4 is 11.5 Å². The maximum atomic E-state index is 13.0. The van der Waals surface area contributed by atoms with E-state index >= 15 is 0 Å². The molecule has 0 saturated carbocycles. The maximum absolute atomic E-state index is 13.0. The van der Waals surface area contributed by atoms with Gasteiger partial charge >= 0.3 is 0 Å². The van der Waals surface area contributed by atoms with Crippen LogP contribution in [0.1, 0.15) is 56.5 Å². The SMILES string of the molecule is CC1(C)O[C@H]2O[C@H]([C@H]3COC(C)(C)O3)[C@H](OCc3ccc(N4C=C(C(=O)c5ccccc5)CCC4)cc3)[C@H]2O1. The van der Waals surface area contributed by atoms with Gasteiger partial charge in [0.25, 0.3) is 0 Å². The van der Waals surface area contributed by atoms with Crippen LogP contribution in [0.2, 0.25) is 0 Å². The molecule has 0 radical (unpaired) electrons. The van der Waals surface area contributed by atoms with E-state index < -0.39 is 17.9 Å². The molecule has 0 amide bonds. The first-order chi connectivity index (χ1) is 18.7. The van der Waals surface area contributed by atoms with Gasteiger partial charge in [-0.1, -0.05) is 42.5 Å². The van der Waals surface area contributed by atoms with Gasteiger partial charge in [-0.25, -0.2) is 0 Å². The molecule has 8 nitrogen and oxygen atoms in total. The minimum Gasteiger partial charge on any atom is -0.368 e. The van der Waals surface area contributed by atoms with Crippen molar-refractivity contribution in [3.8, 4) is 0 Å². The van der Waals surface area contributed by atoms with Crippen molar-refractivity contribution in [2.45, 2.75) is 89.4 Å². The third kappa shape index (κ3) is 5.68. The fraction of sp³-hybridized carbons (Fsp3) is 0.516. The number of rotatable bonds is 7. The molecule has 208 valence electrons. The van der Waals surface area contributed by atoms with Crippen molar-refractivity contribution in [1.29, 1.82) is 0 Å².